The van der Waals surface area contributed by atoms with Crippen LogP contribution in [0.15, 0.2) is 83.9 Å². The van der Waals surface area contributed by atoms with E-state index in [1.54, 1.807) is 48.5 Å². The summed E-state index contributed by atoms with van der Waals surface area (Å²) in [6.45, 7) is 0.229. The fraction of sp³-hybridized carbons (Fsp3) is 0.185. The number of carbonyl (C=O) groups excluding carboxylic acids is 2. The first kappa shape index (κ1) is 20.5. The molecule has 3 aromatic carbocycles. The monoisotopic (exact) mass is 456 g/mol. The van der Waals surface area contributed by atoms with E-state index in [2.05, 4.69) is 0 Å². The lowest BCUT2D eigenvalue weighted by atomic mass is 9.86. The molecular formula is C27H20O7. The zero-order chi connectivity index (χ0) is 23.1. The molecule has 0 aliphatic carbocycles. The van der Waals surface area contributed by atoms with Crippen LogP contribution < -0.4 is 9.47 Å². The van der Waals surface area contributed by atoms with Crippen LogP contribution in [-0.2, 0) is 14.2 Å². The number of esters is 2. The standard InChI is InChI=1S/C27H20O7/c28-26(16-7-3-1-4-8-16)30-13-20-21(14-31-27(29)17-9-5-2-6-10-17)25-19-12-23-22(32-15-33-23)11-18(19)24(20)34-25/h1-12,24-25H,13-15H2/t24-,25+. The van der Waals surface area contributed by atoms with Crippen molar-refractivity contribution in [3.63, 3.8) is 0 Å². The second-order valence-electron chi connectivity index (χ2n) is 8.17. The lowest BCUT2D eigenvalue weighted by Crippen LogP contribution is -2.17. The lowest BCUT2D eigenvalue weighted by Gasteiger charge is -2.20. The lowest BCUT2D eigenvalue weighted by molar-refractivity contribution is 0.0454. The van der Waals surface area contributed by atoms with Gasteiger partial charge in [-0.25, -0.2) is 9.59 Å². The molecule has 3 heterocycles. The van der Waals surface area contributed by atoms with E-state index in [9.17, 15) is 9.59 Å². The molecule has 0 spiro atoms. The van der Waals surface area contributed by atoms with E-state index in [1.165, 1.54) is 0 Å². The number of rotatable bonds is 6. The molecule has 0 unspecified atom stereocenters. The van der Waals surface area contributed by atoms with E-state index >= 15 is 0 Å². The van der Waals surface area contributed by atoms with Gasteiger partial charge in [0.1, 0.15) is 25.4 Å². The molecule has 3 aromatic rings. The van der Waals surface area contributed by atoms with Crippen molar-refractivity contribution in [3.05, 3.63) is 106 Å². The second kappa shape index (κ2) is 8.35. The largest absolute Gasteiger partial charge is 0.457 e. The summed E-state index contributed by atoms with van der Waals surface area (Å²) in [5.41, 5.74) is 4.38. The molecule has 6 rings (SSSR count). The van der Waals surface area contributed by atoms with Gasteiger partial charge in [0.25, 0.3) is 0 Å². The Balaban J connectivity index is 1.27. The summed E-state index contributed by atoms with van der Waals surface area (Å²) in [4.78, 5) is 25.1. The number of hydrogen-bond donors (Lipinski definition) is 0. The summed E-state index contributed by atoms with van der Waals surface area (Å²) in [6.07, 6.45) is -0.827. The molecule has 7 heteroatoms. The van der Waals surface area contributed by atoms with E-state index in [1.807, 2.05) is 24.3 Å². The van der Waals surface area contributed by atoms with Crippen molar-refractivity contribution >= 4 is 11.9 Å². The first-order valence-corrected chi connectivity index (χ1v) is 10.9. The van der Waals surface area contributed by atoms with Crippen molar-refractivity contribution in [1.29, 1.82) is 0 Å². The molecule has 3 aliphatic heterocycles. The molecule has 3 aliphatic rings. The highest BCUT2D eigenvalue weighted by atomic mass is 16.7. The number of carbonyl (C=O) groups is 2. The molecule has 0 radical (unpaired) electrons. The SMILES string of the molecule is O=C(OCC1=C(COC(=O)c2ccccc2)[C@@H]2O[C@H]1c1cc3c(cc12)OCO3)c1ccccc1. The van der Waals surface area contributed by atoms with Gasteiger partial charge in [0.15, 0.2) is 11.5 Å². The predicted molar refractivity (Wildman–Crippen MR) is 120 cm³/mol. The Bertz CT molecular complexity index is 1200. The molecular weight excluding hydrogens is 436 g/mol. The fourth-order valence-electron chi connectivity index (χ4n) is 4.53. The molecule has 0 amide bonds. The van der Waals surface area contributed by atoms with E-state index in [0.29, 0.717) is 22.6 Å². The minimum absolute atomic E-state index is 0.0288. The van der Waals surface area contributed by atoms with Crippen molar-refractivity contribution < 1.29 is 33.3 Å². The Hall–Kier alpha value is -4.10. The Morgan fingerprint density at radius 3 is 1.59 bits per heavy atom. The molecule has 170 valence electrons. The van der Waals surface area contributed by atoms with Crippen LogP contribution in [0.2, 0.25) is 0 Å². The summed E-state index contributed by atoms with van der Waals surface area (Å²) in [6, 6.07) is 21.4. The first-order valence-electron chi connectivity index (χ1n) is 10.9. The van der Waals surface area contributed by atoms with E-state index in [0.717, 1.165) is 22.3 Å². The Labute approximate surface area is 195 Å². The number of hydrogen-bond acceptors (Lipinski definition) is 7. The maximum absolute atomic E-state index is 12.6. The topological polar surface area (TPSA) is 80.3 Å². The number of fused-ring (bicyclic) bond motifs is 6. The van der Waals surface area contributed by atoms with Gasteiger partial charge in [-0.15, -0.1) is 0 Å². The van der Waals surface area contributed by atoms with Crippen LogP contribution in [0.4, 0.5) is 0 Å². The Kier molecular flexibility index (Phi) is 5.04. The van der Waals surface area contributed by atoms with Crippen LogP contribution in [0.5, 0.6) is 11.5 Å². The average Bonchev–Trinajstić information content (AvgIpc) is 3.59. The third-order valence-corrected chi connectivity index (χ3v) is 6.20. The highest BCUT2D eigenvalue weighted by molar-refractivity contribution is 5.90. The smallest absolute Gasteiger partial charge is 0.338 e. The zero-order valence-electron chi connectivity index (χ0n) is 18.1. The quantitative estimate of drug-likeness (QED) is 0.398. The fourth-order valence-corrected chi connectivity index (χ4v) is 4.53. The van der Waals surface area contributed by atoms with E-state index in [4.69, 9.17) is 23.7 Å². The molecule has 0 aromatic heterocycles. The minimum atomic E-state index is -0.428. The van der Waals surface area contributed by atoms with Crippen LogP contribution in [0.1, 0.15) is 44.1 Å². The average molecular weight is 456 g/mol. The molecule has 34 heavy (non-hydrogen) atoms. The van der Waals surface area contributed by atoms with E-state index < -0.39 is 24.1 Å². The molecule has 0 saturated heterocycles. The molecule has 2 bridgehead atoms. The van der Waals surface area contributed by atoms with Gasteiger partial charge in [0, 0.05) is 11.1 Å². The summed E-state index contributed by atoms with van der Waals surface area (Å²) < 4.78 is 28.6. The normalized spacial score (nSPS) is 19.2. The van der Waals surface area contributed by atoms with Crippen LogP contribution in [0.3, 0.4) is 0 Å². The summed E-state index contributed by atoms with van der Waals surface area (Å²) in [7, 11) is 0. The molecule has 0 fully saturated rings. The minimum Gasteiger partial charge on any atom is -0.457 e. The highest BCUT2D eigenvalue weighted by Crippen LogP contribution is 2.56. The zero-order valence-corrected chi connectivity index (χ0v) is 18.1. The third-order valence-electron chi connectivity index (χ3n) is 6.20. The van der Waals surface area contributed by atoms with Gasteiger partial charge >= 0.3 is 11.9 Å². The first-order chi connectivity index (χ1) is 16.7. The Morgan fingerprint density at radius 1 is 0.706 bits per heavy atom. The number of ether oxygens (including phenoxy) is 5. The van der Waals surface area contributed by atoms with Crippen molar-refractivity contribution in [2.24, 2.45) is 0 Å². The van der Waals surface area contributed by atoms with Crippen molar-refractivity contribution in [2.75, 3.05) is 20.0 Å². The Morgan fingerprint density at radius 2 is 1.15 bits per heavy atom. The van der Waals surface area contributed by atoms with Crippen molar-refractivity contribution in [2.45, 2.75) is 12.2 Å². The van der Waals surface area contributed by atoms with Crippen molar-refractivity contribution in [1.82, 2.24) is 0 Å². The van der Waals surface area contributed by atoms with E-state index in [-0.39, 0.29) is 20.0 Å². The van der Waals surface area contributed by atoms with Gasteiger partial charge < -0.3 is 23.7 Å². The third kappa shape index (κ3) is 3.50. The van der Waals surface area contributed by atoms with Gasteiger partial charge in [-0.1, -0.05) is 36.4 Å². The molecule has 0 saturated carbocycles. The van der Waals surface area contributed by atoms with Crippen LogP contribution in [0.25, 0.3) is 0 Å². The second-order valence-corrected chi connectivity index (χ2v) is 8.17. The van der Waals surface area contributed by atoms with Gasteiger partial charge in [0.05, 0.1) is 11.1 Å². The highest BCUT2D eigenvalue weighted by Gasteiger charge is 2.46. The van der Waals surface area contributed by atoms with Crippen LogP contribution >= 0.6 is 0 Å². The maximum Gasteiger partial charge on any atom is 0.338 e. The van der Waals surface area contributed by atoms with Gasteiger partial charge in [-0.05, 0) is 47.5 Å². The summed E-state index contributed by atoms with van der Waals surface area (Å²) >= 11 is 0. The predicted octanol–water partition coefficient (Wildman–Crippen LogP) is 4.55. The van der Waals surface area contributed by atoms with Crippen molar-refractivity contribution in [3.8, 4) is 11.5 Å². The summed E-state index contributed by atoms with van der Waals surface area (Å²) in [5.74, 6) is 0.463. The van der Waals surface area contributed by atoms with Gasteiger partial charge in [-0.2, -0.15) is 0 Å². The molecule has 7 nitrogen and oxygen atoms in total. The van der Waals surface area contributed by atoms with Gasteiger partial charge in [0.2, 0.25) is 6.79 Å². The van der Waals surface area contributed by atoms with Crippen LogP contribution in [0, 0.1) is 0 Å². The molecule has 2 atom stereocenters. The number of benzene rings is 3. The van der Waals surface area contributed by atoms with Gasteiger partial charge in [-0.3, -0.25) is 0 Å². The summed E-state index contributed by atoms with van der Waals surface area (Å²) in [5, 5.41) is 0. The maximum atomic E-state index is 12.6. The molecule has 0 N–H and O–H groups in total. The van der Waals surface area contributed by atoms with Crippen LogP contribution in [-0.4, -0.2) is 31.9 Å².